The Morgan fingerprint density at radius 1 is 1.25 bits per heavy atom. The van der Waals surface area contributed by atoms with Gasteiger partial charge < -0.3 is 19.7 Å². The smallest absolute Gasteiger partial charge is 0.150 e. The minimum atomic E-state index is -0.221. The van der Waals surface area contributed by atoms with E-state index < -0.39 is 0 Å². The summed E-state index contributed by atoms with van der Waals surface area (Å²) in [4.78, 5) is 2.08. The summed E-state index contributed by atoms with van der Waals surface area (Å²) in [7, 11) is 0. The van der Waals surface area contributed by atoms with Crippen molar-refractivity contribution in [2.45, 2.75) is 13.3 Å². The highest BCUT2D eigenvalue weighted by Gasteiger charge is 2.14. The van der Waals surface area contributed by atoms with E-state index in [-0.39, 0.29) is 5.82 Å². The van der Waals surface area contributed by atoms with Gasteiger partial charge in [0.15, 0.2) is 0 Å². The van der Waals surface area contributed by atoms with Gasteiger partial charge in [-0.3, -0.25) is 0 Å². The van der Waals surface area contributed by atoms with Gasteiger partial charge in [-0.25, -0.2) is 4.39 Å². The van der Waals surface area contributed by atoms with Crippen molar-refractivity contribution in [3.8, 4) is 5.75 Å². The van der Waals surface area contributed by atoms with Gasteiger partial charge in [0.25, 0.3) is 0 Å². The van der Waals surface area contributed by atoms with Gasteiger partial charge in [0.05, 0.1) is 12.3 Å². The van der Waals surface area contributed by atoms with Crippen LogP contribution in [0.5, 0.6) is 5.75 Å². The maximum Gasteiger partial charge on any atom is 0.150 e. The fourth-order valence-corrected chi connectivity index (χ4v) is 2.28. The summed E-state index contributed by atoms with van der Waals surface area (Å²) in [6.45, 7) is 7.18. The molecule has 0 saturated carbocycles. The van der Waals surface area contributed by atoms with Gasteiger partial charge in [0, 0.05) is 32.3 Å². The first-order valence-corrected chi connectivity index (χ1v) is 7.27. The van der Waals surface area contributed by atoms with Crippen LogP contribution in [0.1, 0.15) is 13.3 Å². The summed E-state index contributed by atoms with van der Waals surface area (Å²) < 4.78 is 24.8. The molecule has 1 aromatic carbocycles. The maximum absolute atomic E-state index is 14.2. The molecule has 0 atom stereocenters. The van der Waals surface area contributed by atoms with Gasteiger partial charge in [-0.15, -0.1) is 0 Å². The fraction of sp³-hybridized carbons (Fsp3) is 0.600. The number of ether oxygens (including phenoxy) is 2. The zero-order valence-electron chi connectivity index (χ0n) is 12.0. The van der Waals surface area contributed by atoms with Crippen molar-refractivity contribution in [3.63, 3.8) is 0 Å². The molecule has 0 radical (unpaired) electrons. The first kappa shape index (κ1) is 15.1. The summed E-state index contributed by atoms with van der Waals surface area (Å²) in [5.41, 5.74) is 0.658. The van der Waals surface area contributed by atoms with E-state index in [1.807, 2.05) is 13.0 Å². The van der Waals surface area contributed by atoms with Crippen LogP contribution in [-0.2, 0) is 4.74 Å². The second-order valence-corrected chi connectivity index (χ2v) is 4.75. The molecule has 1 N–H and O–H groups in total. The number of benzene rings is 1. The third kappa shape index (κ3) is 4.35. The summed E-state index contributed by atoms with van der Waals surface area (Å²) >= 11 is 0. The Hall–Kier alpha value is -1.33. The number of nitrogens with one attached hydrogen (secondary N) is 1. The molecule has 112 valence electrons. The lowest BCUT2D eigenvalue weighted by Gasteiger charge is -2.23. The molecule has 0 amide bonds. The summed E-state index contributed by atoms with van der Waals surface area (Å²) in [6.07, 6.45) is 1.03. The van der Waals surface area contributed by atoms with Crippen molar-refractivity contribution < 1.29 is 13.9 Å². The quantitative estimate of drug-likeness (QED) is 0.810. The summed E-state index contributed by atoms with van der Waals surface area (Å²) in [5, 5.41) is 3.31. The first-order chi connectivity index (χ1) is 9.81. The van der Waals surface area contributed by atoms with Crippen molar-refractivity contribution in [2.75, 3.05) is 50.9 Å². The Balaban J connectivity index is 1.94. The molecule has 2 rings (SSSR count). The molecular weight excluding hydrogens is 259 g/mol. The van der Waals surface area contributed by atoms with Crippen LogP contribution < -0.4 is 15.0 Å². The van der Waals surface area contributed by atoms with Crippen molar-refractivity contribution >= 4 is 5.69 Å². The van der Waals surface area contributed by atoms with Crippen LogP contribution in [0.4, 0.5) is 10.1 Å². The van der Waals surface area contributed by atoms with E-state index in [0.717, 1.165) is 32.6 Å². The highest BCUT2D eigenvalue weighted by Crippen LogP contribution is 2.24. The standard InChI is InChI=1S/C15H23FN2O2/c1-2-19-10-11-20-13-4-5-15(14(16)12-13)18-8-3-6-17-7-9-18/h4-5,12,17H,2-3,6-11H2,1H3. The third-order valence-electron chi connectivity index (χ3n) is 3.30. The Kier molecular flexibility index (Phi) is 6.08. The topological polar surface area (TPSA) is 33.7 Å². The van der Waals surface area contributed by atoms with E-state index in [9.17, 15) is 4.39 Å². The highest BCUT2D eigenvalue weighted by atomic mass is 19.1. The molecule has 1 aliphatic heterocycles. The highest BCUT2D eigenvalue weighted by molar-refractivity contribution is 5.50. The Morgan fingerprint density at radius 2 is 2.15 bits per heavy atom. The van der Waals surface area contributed by atoms with E-state index in [4.69, 9.17) is 9.47 Å². The van der Waals surface area contributed by atoms with Crippen LogP contribution in [0, 0.1) is 5.82 Å². The second-order valence-electron chi connectivity index (χ2n) is 4.75. The largest absolute Gasteiger partial charge is 0.491 e. The third-order valence-corrected chi connectivity index (χ3v) is 3.30. The second kappa shape index (κ2) is 8.07. The molecule has 0 unspecified atom stereocenters. The molecular formula is C15H23FN2O2. The predicted molar refractivity (Wildman–Crippen MR) is 78.1 cm³/mol. The van der Waals surface area contributed by atoms with Gasteiger partial charge >= 0.3 is 0 Å². The van der Waals surface area contributed by atoms with Gasteiger partial charge in [-0.05, 0) is 32.0 Å². The fourth-order valence-electron chi connectivity index (χ4n) is 2.28. The van der Waals surface area contributed by atoms with Gasteiger partial charge in [0.1, 0.15) is 18.2 Å². The van der Waals surface area contributed by atoms with Crippen LogP contribution in [0.15, 0.2) is 18.2 Å². The average molecular weight is 282 g/mol. The normalized spacial score (nSPS) is 16.0. The van der Waals surface area contributed by atoms with E-state index in [2.05, 4.69) is 10.2 Å². The van der Waals surface area contributed by atoms with Gasteiger partial charge in [-0.2, -0.15) is 0 Å². The van der Waals surface area contributed by atoms with Crippen molar-refractivity contribution in [1.29, 1.82) is 0 Å². The molecule has 1 aliphatic rings. The summed E-state index contributed by atoms with van der Waals surface area (Å²) in [5.74, 6) is 0.333. The number of anilines is 1. The Labute approximate surface area is 119 Å². The molecule has 0 aliphatic carbocycles. The van der Waals surface area contributed by atoms with Gasteiger partial charge in [-0.1, -0.05) is 0 Å². The van der Waals surface area contributed by atoms with Crippen molar-refractivity contribution in [2.24, 2.45) is 0 Å². The molecule has 1 fully saturated rings. The van der Waals surface area contributed by atoms with E-state index in [1.54, 1.807) is 6.07 Å². The monoisotopic (exact) mass is 282 g/mol. The number of halogens is 1. The predicted octanol–water partition coefficient (Wildman–Crippen LogP) is 2.04. The zero-order valence-corrected chi connectivity index (χ0v) is 12.0. The van der Waals surface area contributed by atoms with Crippen molar-refractivity contribution in [1.82, 2.24) is 5.32 Å². The Morgan fingerprint density at radius 3 is 2.95 bits per heavy atom. The van der Waals surface area contributed by atoms with Gasteiger partial charge in [0.2, 0.25) is 0 Å². The minimum absolute atomic E-state index is 0.221. The van der Waals surface area contributed by atoms with E-state index in [0.29, 0.717) is 31.3 Å². The van der Waals surface area contributed by atoms with Crippen molar-refractivity contribution in [3.05, 3.63) is 24.0 Å². The van der Waals surface area contributed by atoms with Crippen LogP contribution >= 0.6 is 0 Å². The number of rotatable bonds is 6. The number of hydrogen-bond acceptors (Lipinski definition) is 4. The Bertz CT molecular complexity index is 407. The molecule has 0 spiro atoms. The van der Waals surface area contributed by atoms with Crippen LogP contribution in [-0.4, -0.2) is 46.0 Å². The summed E-state index contributed by atoms with van der Waals surface area (Å²) in [6, 6.07) is 5.08. The van der Waals surface area contributed by atoms with Crippen LogP contribution in [0.3, 0.4) is 0 Å². The molecule has 1 heterocycles. The molecule has 5 heteroatoms. The average Bonchev–Trinajstić information content (AvgIpc) is 2.73. The molecule has 1 saturated heterocycles. The first-order valence-electron chi connectivity index (χ1n) is 7.27. The maximum atomic E-state index is 14.2. The molecule has 4 nitrogen and oxygen atoms in total. The number of nitrogens with zero attached hydrogens (tertiary/aromatic N) is 1. The minimum Gasteiger partial charge on any atom is -0.491 e. The van der Waals surface area contributed by atoms with E-state index >= 15 is 0 Å². The SMILES string of the molecule is CCOCCOc1ccc(N2CCCNCC2)c(F)c1. The molecule has 1 aromatic rings. The molecule has 0 aromatic heterocycles. The van der Waals surface area contributed by atoms with E-state index in [1.165, 1.54) is 6.07 Å². The lowest BCUT2D eigenvalue weighted by molar-refractivity contribution is 0.110. The van der Waals surface area contributed by atoms with Crippen LogP contribution in [0.2, 0.25) is 0 Å². The lowest BCUT2D eigenvalue weighted by Crippen LogP contribution is -2.28. The van der Waals surface area contributed by atoms with Crippen LogP contribution in [0.25, 0.3) is 0 Å². The molecule has 20 heavy (non-hydrogen) atoms. The molecule has 0 bridgehead atoms. The number of hydrogen-bond donors (Lipinski definition) is 1. The zero-order chi connectivity index (χ0) is 14.2. The lowest BCUT2D eigenvalue weighted by atomic mass is 10.2.